The molecule has 0 fully saturated rings. The first-order valence-electron chi connectivity index (χ1n) is 8.13. The molecular weight excluding hydrogens is 378 g/mol. The van der Waals surface area contributed by atoms with Crippen molar-refractivity contribution in [2.24, 2.45) is 20.9 Å². The van der Waals surface area contributed by atoms with E-state index >= 15 is 0 Å². The summed E-state index contributed by atoms with van der Waals surface area (Å²) in [6, 6.07) is 0. The van der Waals surface area contributed by atoms with Crippen molar-refractivity contribution < 1.29 is 43.0 Å². The van der Waals surface area contributed by atoms with Gasteiger partial charge >= 0.3 is 17.9 Å². The zero-order chi connectivity index (χ0) is 21.0. The number of carbonyl (C=O) groups is 3. The van der Waals surface area contributed by atoms with Gasteiger partial charge in [0.1, 0.15) is 19.8 Å². The summed E-state index contributed by atoms with van der Waals surface area (Å²) in [6.07, 6.45) is 3.23. The van der Waals surface area contributed by atoms with Crippen molar-refractivity contribution in [3.8, 4) is 0 Å². The summed E-state index contributed by atoms with van der Waals surface area (Å²) in [7, 11) is 0. The van der Waals surface area contributed by atoms with Gasteiger partial charge in [0, 0.05) is 6.42 Å². The molecule has 0 saturated carbocycles. The van der Waals surface area contributed by atoms with Crippen LogP contribution in [-0.2, 0) is 43.0 Å². The highest BCUT2D eigenvalue weighted by Crippen LogP contribution is 2.15. The van der Waals surface area contributed by atoms with Gasteiger partial charge in [-0.15, -0.1) is 0 Å². The predicted octanol–water partition coefficient (Wildman–Crippen LogP) is -0.590. The second kappa shape index (κ2) is 17.0. The van der Waals surface area contributed by atoms with Crippen LogP contribution in [0, 0.1) is 5.92 Å². The normalized spacial score (nSPS) is 10.3. The molecule has 0 aromatic carbocycles. The molecule has 0 amide bonds. The van der Waals surface area contributed by atoms with Crippen LogP contribution in [0.2, 0.25) is 0 Å². The fraction of sp³-hybridized carbons (Fsp3) is 0.625. The Morgan fingerprint density at radius 1 is 0.714 bits per heavy atom. The van der Waals surface area contributed by atoms with E-state index in [2.05, 4.69) is 15.0 Å². The van der Waals surface area contributed by atoms with Crippen LogP contribution < -0.4 is 0 Å². The van der Waals surface area contributed by atoms with Crippen molar-refractivity contribution in [3.05, 3.63) is 0 Å². The van der Waals surface area contributed by atoms with Crippen LogP contribution in [0.1, 0.15) is 19.3 Å². The van der Waals surface area contributed by atoms with Crippen molar-refractivity contribution >= 4 is 36.1 Å². The topological polar surface area (TPSA) is 167 Å². The maximum atomic E-state index is 12.1. The largest absolute Gasteiger partial charge is 0.464 e. The minimum atomic E-state index is -0.997. The first-order chi connectivity index (χ1) is 13.5. The lowest BCUT2D eigenvalue weighted by molar-refractivity contribution is -0.156. The van der Waals surface area contributed by atoms with E-state index in [1.807, 2.05) is 0 Å². The predicted molar refractivity (Wildman–Crippen MR) is 89.2 cm³/mol. The number of esters is 3. The molecule has 0 bridgehead atoms. The third-order valence-electron chi connectivity index (χ3n) is 3.02. The molecule has 1 atom stereocenters. The van der Waals surface area contributed by atoms with Crippen LogP contribution >= 0.6 is 0 Å². The van der Waals surface area contributed by atoms with E-state index in [0.29, 0.717) is 0 Å². The van der Waals surface area contributed by atoms with Crippen LogP contribution in [0.15, 0.2) is 15.0 Å². The zero-order valence-electron chi connectivity index (χ0n) is 15.0. The van der Waals surface area contributed by atoms with Crippen LogP contribution in [0.4, 0.5) is 0 Å². The number of aliphatic imine (C=N–C) groups is 3. The Labute approximate surface area is 159 Å². The molecule has 0 heterocycles. The number of ether oxygens (including phenoxy) is 3. The summed E-state index contributed by atoms with van der Waals surface area (Å²) in [4.78, 5) is 74.9. The second-order valence-electron chi connectivity index (χ2n) is 4.97. The number of hydrogen-bond donors (Lipinski definition) is 0. The fourth-order valence-corrected chi connectivity index (χ4v) is 1.78. The summed E-state index contributed by atoms with van der Waals surface area (Å²) in [6.45, 7) is -0.663. The van der Waals surface area contributed by atoms with Crippen molar-refractivity contribution in [1.82, 2.24) is 0 Å². The summed E-state index contributed by atoms with van der Waals surface area (Å²) < 4.78 is 14.5. The Morgan fingerprint density at radius 2 is 1.18 bits per heavy atom. The molecule has 0 aliphatic carbocycles. The molecule has 0 spiro atoms. The maximum Gasteiger partial charge on any atom is 0.309 e. The van der Waals surface area contributed by atoms with E-state index in [9.17, 15) is 28.8 Å². The Hall–Kier alpha value is -3.45. The average molecular weight is 397 g/mol. The van der Waals surface area contributed by atoms with Crippen LogP contribution in [0.5, 0.6) is 0 Å². The van der Waals surface area contributed by atoms with Gasteiger partial charge in [0.2, 0.25) is 18.2 Å². The van der Waals surface area contributed by atoms with Gasteiger partial charge in [0.25, 0.3) is 0 Å². The van der Waals surface area contributed by atoms with Gasteiger partial charge in [-0.1, -0.05) is 0 Å². The lowest BCUT2D eigenvalue weighted by Crippen LogP contribution is -2.24. The molecule has 152 valence electrons. The Bertz CT molecular complexity index is 660. The standard InChI is InChI=1S/C16H19N3O9/c20-10-17-3-6-26-14(23)2-1-13(16(25)28-8-5-19-12-22)9-15(24)27-7-4-18-11-21/h13H,1-9H2. The van der Waals surface area contributed by atoms with Crippen LogP contribution in [-0.4, -0.2) is 75.6 Å². The third-order valence-corrected chi connectivity index (χ3v) is 3.02. The minimum absolute atomic E-state index is 0.0342. The van der Waals surface area contributed by atoms with E-state index in [1.54, 1.807) is 0 Å². The molecule has 0 radical (unpaired) electrons. The molecule has 0 saturated heterocycles. The van der Waals surface area contributed by atoms with Gasteiger partial charge in [-0.05, 0) is 6.42 Å². The van der Waals surface area contributed by atoms with Crippen molar-refractivity contribution in [3.63, 3.8) is 0 Å². The molecule has 0 aliphatic heterocycles. The molecule has 12 nitrogen and oxygen atoms in total. The van der Waals surface area contributed by atoms with Gasteiger partial charge in [-0.3, -0.25) is 14.4 Å². The molecule has 28 heavy (non-hydrogen) atoms. The highest BCUT2D eigenvalue weighted by molar-refractivity contribution is 5.80. The molecule has 0 aromatic heterocycles. The highest BCUT2D eigenvalue weighted by atomic mass is 16.5. The lowest BCUT2D eigenvalue weighted by atomic mass is 9.99. The Morgan fingerprint density at radius 3 is 1.68 bits per heavy atom. The lowest BCUT2D eigenvalue weighted by Gasteiger charge is -2.14. The van der Waals surface area contributed by atoms with Gasteiger partial charge in [-0.25, -0.2) is 29.4 Å². The van der Waals surface area contributed by atoms with E-state index < -0.39 is 23.8 Å². The molecule has 1 unspecified atom stereocenters. The third kappa shape index (κ3) is 13.8. The monoisotopic (exact) mass is 397 g/mol. The van der Waals surface area contributed by atoms with E-state index in [1.165, 1.54) is 18.2 Å². The van der Waals surface area contributed by atoms with Crippen molar-refractivity contribution in [2.75, 3.05) is 39.5 Å². The van der Waals surface area contributed by atoms with E-state index in [4.69, 9.17) is 14.2 Å². The van der Waals surface area contributed by atoms with Gasteiger partial charge in [0.05, 0.1) is 32.0 Å². The first-order valence-corrected chi connectivity index (χ1v) is 8.13. The molecule has 12 heteroatoms. The number of nitrogens with zero attached hydrogens (tertiary/aromatic N) is 3. The molecule has 0 aliphatic rings. The number of hydrogen-bond acceptors (Lipinski definition) is 12. The number of isocyanates is 3. The smallest absolute Gasteiger partial charge is 0.309 e. The summed E-state index contributed by atoms with van der Waals surface area (Å²) >= 11 is 0. The van der Waals surface area contributed by atoms with E-state index in [-0.39, 0.29) is 58.7 Å². The molecule has 0 rings (SSSR count). The number of rotatable bonds is 15. The summed E-state index contributed by atoms with van der Waals surface area (Å²) in [5.74, 6) is -3.18. The van der Waals surface area contributed by atoms with Gasteiger partial charge < -0.3 is 14.2 Å². The van der Waals surface area contributed by atoms with Gasteiger partial charge in [0.15, 0.2) is 0 Å². The zero-order valence-corrected chi connectivity index (χ0v) is 15.0. The van der Waals surface area contributed by atoms with E-state index in [0.717, 1.165) is 0 Å². The van der Waals surface area contributed by atoms with Crippen molar-refractivity contribution in [2.45, 2.75) is 19.3 Å². The molecule has 0 N–H and O–H groups in total. The quantitative estimate of drug-likeness (QED) is 0.115. The Balaban J connectivity index is 4.59. The average Bonchev–Trinajstić information content (AvgIpc) is 2.69. The highest BCUT2D eigenvalue weighted by Gasteiger charge is 2.25. The first kappa shape index (κ1) is 24.6. The number of carbonyl (C=O) groups excluding carboxylic acids is 6. The SMILES string of the molecule is O=C=NCCOC(=O)CCC(CC(=O)OCCN=C=O)C(=O)OCCN=C=O. The fourth-order valence-electron chi connectivity index (χ4n) is 1.78. The molecular formula is C16H19N3O9. The van der Waals surface area contributed by atoms with Crippen LogP contribution in [0.25, 0.3) is 0 Å². The summed E-state index contributed by atoms with van der Waals surface area (Å²) in [5, 5.41) is 0. The summed E-state index contributed by atoms with van der Waals surface area (Å²) in [5.41, 5.74) is 0. The molecule has 0 aromatic rings. The van der Waals surface area contributed by atoms with Gasteiger partial charge in [-0.2, -0.15) is 0 Å². The van der Waals surface area contributed by atoms with Crippen molar-refractivity contribution in [1.29, 1.82) is 0 Å². The van der Waals surface area contributed by atoms with Crippen LogP contribution in [0.3, 0.4) is 0 Å². The minimum Gasteiger partial charge on any atom is -0.464 e. The maximum absolute atomic E-state index is 12.1. The second-order valence-corrected chi connectivity index (χ2v) is 4.97. The Kier molecular flexibility index (Phi) is 14.9.